The standard InChI is InChI=1S/C10H17NO4S/c1-5-7-11-8-6-10(2,9(12)15-3)16(4,13)14/h1,11H,6-8H2,2-4H3. The highest BCUT2D eigenvalue weighted by Gasteiger charge is 2.44. The SMILES string of the molecule is C#CCNCCC(C)(C(=O)OC)S(C)(=O)=O. The Bertz CT molecular complexity index is 382. The summed E-state index contributed by atoms with van der Waals surface area (Å²) in [6.07, 6.45) is 6.17. The maximum absolute atomic E-state index is 11.5. The number of terminal acetylenes is 1. The normalized spacial score (nSPS) is 14.9. The number of carbonyl (C=O) groups is 1. The summed E-state index contributed by atoms with van der Waals surface area (Å²) >= 11 is 0. The first-order valence-electron chi connectivity index (χ1n) is 4.72. The van der Waals surface area contributed by atoms with Crippen LogP contribution in [0.5, 0.6) is 0 Å². The van der Waals surface area contributed by atoms with E-state index in [-0.39, 0.29) is 6.42 Å². The van der Waals surface area contributed by atoms with Gasteiger partial charge in [-0.25, -0.2) is 8.42 Å². The molecule has 5 nitrogen and oxygen atoms in total. The van der Waals surface area contributed by atoms with Gasteiger partial charge in [-0.05, 0) is 19.9 Å². The van der Waals surface area contributed by atoms with Gasteiger partial charge < -0.3 is 10.1 Å². The van der Waals surface area contributed by atoms with E-state index in [9.17, 15) is 13.2 Å². The summed E-state index contributed by atoms with van der Waals surface area (Å²) in [5, 5.41) is 2.83. The molecule has 0 aliphatic rings. The zero-order chi connectivity index (χ0) is 12.8. The second-order valence-corrected chi connectivity index (χ2v) is 6.07. The molecular formula is C10H17NO4S. The molecule has 0 aromatic rings. The lowest BCUT2D eigenvalue weighted by Gasteiger charge is -2.24. The number of nitrogens with one attached hydrogen (secondary N) is 1. The average Bonchev–Trinajstić information content (AvgIpc) is 2.21. The van der Waals surface area contributed by atoms with Gasteiger partial charge in [-0.1, -0.05) is 5.92 Å². The third kappa shape index (κ3) is 3.51. The minimum absolute atomic E-state index is 0.125. The van der Waals surface area contributed by atoms with E-state index in [0.717, 1.165) is 6.26 Å². The summed E-state index contributed by atoms with van der Waals surface area (Å²) in [6, 6.07) is 0. The van der Waals surface area contributed by atoms with Crippen molar-refractivity contribution in [2.75, 3.05) is 26.5 Å². The number of rotatable bonds is 6. The van der Waals surface area contributed by atoms with Crippen molar-refractivity contribution >= 4 is 15.8 Å². The van der Waals surface area contributed by atoms with E-state index in [1.54, 1.807) is 0 Å². The monoisotopic (exact) mass is 247 g/mol. The number of esters is 1. The van der Waals surface area contributed by atoms with E-state index in [4.69, 9.17) is 6.42 Å². The molecule has 0 radical (unpaired) electrons. The third-order valence-corrected chi connectivity index (χ3v) is 4.45. The Morgan fingerprint density at radius 2 is 2.12 bits per heavy atom. The lowest BCUT2D eigenvalue weighted by Crippen LogP contribution is -2.46. The lowest BCUT2D eigenvalue weighted by atomic mass is 10.1. The molecule has 1 atom stereocenters. The van der Waals surface area contributed by atoms with Crippen LogP contribution in [0.1, 0.15) is 13.3 Å². The first-order valence-corrected chi connectivity index (χ1v) is 6.61. The zero-order valence-corrected chi connectivity index (χ0v) is 10.6. The van der Waals surface area contributed by atoms with Gasteiger partial charge in [0.25, 0.3) is 0 Å². The van der Waals surface area contributed by atoms with Gasteiger partial charge >= 0.3 is 5.97 Å². The van der Waals surface area contributed by atoms with Crippen LogP contribution < -0.4 is 5.32 Å². The molecule has 1 unspecified atom stereocenters. The smallest absolute Gasteiger partial charge is 0.326 e. The van der Waals surface area contributed by atoms with Crippen molar-refractivity contribution in [3.05, 3.63) is 0 Å². The van der Waals surface area contributed by atoms with Crippen LogP contribution in [-0.4, -0.2) is 45.6 Å². The van der Waals surface area contributed by atoms with Crippen LogP contribution in [0.2, 0.25) is 0 Å². The van der Waals surface area contributed by atoms with Crippen molar-refractivity contribution in [1.82, 2.24) is 5.32 Å². The van der Waals surface area contributed by atoms with E-state index in [1.165, 1.54) is 14.0 Å². The third-order valence-electron chi connectivity index (χ3n) is 2.44. The number of ether oxygens (including phenoxy) is 1. The summed E-state index contributed by atoms with van der Waals surface area (Å²) in [5.41, 5.74) is 0. The van der Waals surface area contributed by atoms with Crippen molar-refractivity contribution in [3.8, 4) is 12.3 Å². The summed E-state index contributed by atoms with van der Waals surface area (Å²) in [6.45, 7) is 2.02. The lowest BCUT2D eigenvalue weighted by molar-refractivity contribution is -0.143. The molecule has 0 saturated carbocycles. The Kier molecular flexibility index (Phi) is 5.48. The molecule has 0 heterocycles. The zero-order valence-electron chi connectivity index (χ0n) is 9.74. The van der Waals surface area contributed by atoms with Gasteiger partial charge in [0, 0.05) is 6.26 Å². The van der Waals surface area contributed by atoms with Gasteiger partial charge in [-0.2, -0.15) is 0 Å². The van der Waals surface area contributed by atoms with E-state index in [1.807, 2.05) is 0 Å². The van der Waals surface area contributed by atoms with Gasteiger partial charge in [0.1, 0.15) is 0 Å². The molecule has 0 spiro atoms. The minimum atomic E-state index is -3.53. The van der Waals surface area contributed by atoms with Gasteiger partial charge in [0.2, 0.25) is 0 Å². The molecule has 0 aromatic heterocycles. The quantitative estimate of drug-likeness (QED) is 0.392. The largest absolute Gasteiger partial charge is 0.468 e. The highest BCUT2D eigenvalue weighted by atomic mass is 32.2. The van der Waals surface area contributed by atoms with Crippen molar-refractivity contribution in [3.63, 3.8) is 0 Å². The summed E-state index contributed by atoms with van der Waals surface area (Å²) in [7, 11) is -2.36. The van der Waals surface area contributed by atoms with Gasteiger partial charge in [-0.3, -0.25) is 4.79 Å². The van der Waals surface area contributed by atoms with Crippen molar-refractivity contribution in [2.24, 2.45) is 0 Å². The predicted molar refractivity (Wildman–Crippen MR) is 61.6 cm³/mol. The fourth-order valence-electron chi connectivity index (χ4n) is 1.14. The van der Waals surface area contributed by atoms with Crippen LogP contribution >= 0.6 is 0 Å². The Morgan fingerprint density at radius 1 is 1.56 bits per heavy atom. The van der Waals surface area contributed by atoms with Crippen LogP contribution in [0, 0.1) is 12.3 Å². The summed E-state index contributed by atoms with van der Waals surface area (Å²) < 4.78 is 26.1. The molecular weight excluding hydrogens is 230 g/mol. The predicted octanol–water partition coefficient (Wildman–Crippen LogP) is -0.424. The van der Waals surface area contributed by atoms with Crippen LogP contribution in [0.3, 0.4) is 0 Å². The Balaban J connectivity index is 4.72. The van der Waals surface area contributed by atoms with E-state index < -0.39 is 20.6 Å². The Labute approximate surface area is 96.5 Å². The topological polar surface area (TPSA) is 72.5 Å². The molecule has 0 aromatic carbocycles. The highest BCUT2D eigenvalue weighted by Crippen LogP contribution is 2.21. The maximum Gasteiger partial charge on any atom is 0.326 e. The van der Waals surface area contributed by atoms with Gasteiger partial charge in [0.15, 0.2) is 14.6 Å². The summed E-state index contributed by atoms with van der Waals surface area (Å²) in [5.74, 6) is 1.61. The first kappa shape index (κ1) is 14.9. The average molecular weight is 247 g/mol. The van der Waals surface area contributed by atoms with Crippen molar-refractivity contribution in [1.29, 1.82) is 0 Å². The second kappa shape index (κ2) is 5.87. The van der Waals surface area contributed by atoms with E-state index in [0.29, 0.717) is 13.1 Å². The van der Waals surface area contributed by atoms with Crippen LogP contribution in [0.25, 0.3) is 0 Å². The minimum Gasteiger partial charge on any atom is -0.468 e. The number of hydrogen-bond donors (Lipinski definition) is 1. The second-order valence-electron chi connectivity index (χ2n) is 3.63. The van der Waals surface area contributed by atoms with Gasteiger partial charge in [0.05, 0.1) is 13.7 Å². The number of hydrogen-bond acceptors (Lipinski definition) is 5. The summed E-state index contributed by atoms with van der Waals surface area (Å²) in [4.78, 5) is 11.5. The molecule has 0 bridgehead atoms. The molecule has 0 rings (SSSR count). The number of methoxy groups -OCH3 is 1. The van der Waals surface area contributed by atoms with E-state index in [2.05, 4.69) is 16.0 Å². The fraction of sp³-hybridized carbons (Fsp3) is 0.700. The van der Waals surface area contributed by atoms with Crippen LogP contribution in [-0.2, 0) is 19.4 Å². The molecule has 16 heavy (non-hydrogen) atoms. The molecule has 0 aliphatic carbocycles. The maximum atomic E-state index is 11.5. The molecule has 1 N–H and O–H groups in total. The molecule has 92 valence electrons. The molecule has 6 heteroatoms. The first-order chi connectivity index (χ1) is 7.29. The fourth-order valence-corrected chi connectivity index (χ4v) is 2.00. The van der Waals surface area contributed by atoms with Gasteiger partial charge in [-0.15, -0.1) is 6.42 Å². The van der Waals surface area contributed by atoms with Crippen molar-refractivity contribution < 1.29 is 17.9 Å². The van der Waals surface area contributed by atoms with Crippen LogP contribution in [0.15, 0.2) is 0 Å². The molecule has 0 saturated heterocycles. The Morgan fingerprint density at radius 3 is 2.50 bits per heavy atom. The number of carbonyl (C=O) groups excluding carboxylic acids is 1. The molecule has 0 aliphatic heterocycles. The molecule has 0 amide bonds. The van der Waals surface area contributed by atoms with E-state index >= 15 is 0 Å². The Hall–Kier alpha value is -1.06. The highest BCUT2D eigenvalue weighted by molar-refractivity contribution is 7.92. The van der Waals surface area contributed by atoms with Crippen molar-refractivity contribution in [2.45, 2.75) is 18.1 Å². The van der Waals surface area contributed by atoms with Crippen LogP contribution in [0.4, 0.5) is 0 Å². The molecule has 0 fully saturated rings. The number of sulfone groups is 1.